The van der Waals surface area contributed by atoms with Crippen LogP contribution in [0.3, 0.4) is 0 Å². The van der Waals surface area contributed by atoms with Crippen molar-refractivity contribution in [1.82, 2.24) is 19.6 Å². The molecule has 1 aliphatic heterocycles. The second kappa shape index (κ2) is 6.64. The fraction of sp³-hybridized carbons (Fsp3) is 0.231. The molecule has 5 aromatic rings. The second-order valence-corrected chi connectivity index (χ2v) is 9.62. The minimum Gasteiger partial charge on any atom is -0.411 e. The Morgan fingerprint density at radius 1 is 0.906 bits per heavy atom. The summed E-state index contributed by atoms with van der Waals surface area (Å²) in [7, 11) is -0.168. The molecule has 1 aliphatic rings. The largest absolute Gasteiger partial charge is 0.416 e. The maximum atomic E-state index is 6.40. The Labute approximate surface area is 187 Å². The van der Waals surface area contributed by atoms with Gasteiger partial charge in [0.05, 0.1) is 22.3 Å². The van der Waals surface area contributed by atoms with Crippen LogP contribution in [0.25, 0.3) is 38.8 Å². The molecule has 6 rings (SSSR count). The third-order valence-electron chi connectivity index (χ3n) is 7.02. The molecule has 1 fully saturated rings. The van der Waals surface area contributed by atoms with Crippen LogP contribution in [0.5, 0.6) is 0 Å². The van der Waals surface area contributed by atoms with E-state index < -0.39 is 0 Å². The summed E-state index contributed by atoms with van der Waals surface area (Å²) >= 11 is 0. The molecule has 32 heavy (non-hydrogen) atoms. The highest BCUT2D eigenvalue weighted by Crippen LogP contribution is 2.34. The number of nitrogens with one attached hydrogen (secondary N) is 1. The Bertz CT molecular complexity index is 1490. The van der Waals surface area contributed by atoms with E-state index in [1.807, 2.05) is 30.3 Å². The Morgan fingerprint density at radius 3 is 2.53 bits per heavy atom. The van der Waals surface area contributed by atoms with E-state index in [9.17, 15) is 0 Å². The number of para-hydroxylation sites is 1. The molecular formula is C26H25BN4O. The average molecular weight is 420 g/mol. The van der Waals surface area contributed by atoms with Crippen LogP contribution in [-0.2, 0) is 4.65 Å². The van der Waals surface area contributed by atoms with Gasteiger partial charge in [0.2, 0.25) is 0 Å². The molecule has 0 amide bonds. The molecule has 158 valence electrons. The Morgan fingerprint density at radius 2 is 1.72 bits per heavy atom. The molecule has 0 unspecified atom stereocenters. The maximum Gasteiger partial charge on any atom is 0.416 e. The first-order chi connectivity index (χ1) is 15.3. The minimum absolute atomic E-state index is 0.135. The van der Waals surface area contributed by atoms with Crippen LogP contribution in [0.4, 0.5) is 0 Å². The molecule has 0 bridgehead atoms. The molecule has 6 heteroatoms. The molecular weight excluding hydrogens is 395 g/mol. The fourth-order valence-electron chi connectivity index (χ4n) is 4.53. The lowest BCUT2D eigenvalue weighted by Gasteiger charge is -2.33. The van der Waals surface area contributed by atoms with Crippen molar-refractivity contribution in [2.75, 3.05) is 0 Å². The van der Waals surface area contributed by atoms with Gasteiger partial charge in [-0.3, -0.25) is 4.40 Å². The molecule has 4 heterocycles. The first-order valence-electron chi connectivity index (χ1n) is 11.1. The van der Waals surface area contributed by atoms with Gasteiger partial charge in [-0.1, -0.05) is 48.5 Å². The fourth-order valence-corrected chi connectivity index (χ4v) is 4.53. The van der Waals surface area contributed by atoms with Gasteiger partial charge in [0.25, 0.3) is 0 Å². The van der Waals surface area contributed by atoms with Crippen LogP contribution in [0.1, 0.15) is 27.7 Å². The summed E-state index contributed by atoms with van der Waals surface area (Å²) in [4.78, 5) is 10.1. The Balaban J connectivity index is 1.58. The van der Waals surface area contributed by atoms with E-state index in [0.29, 0.717) is 0 Å². The Hall–Kier alpha value is -3.22. The molecule has 0 atom stereocenters. The van der Waals surface area contributed by atoms with Gasteiger partial charge in [-0.2, -0.15) is 0 Å². The lowest BCUT2D eigenvalue weighted by molar-refractivity contribution is 0.0750. The van der Waals surface area contributed by atoms with E-state index in [0.717, 1.165) is 44.3 Å². The zero-order chi connectivity index (χ0) is 22.1. The van der Waals surface area contributed by atoms with Gasteiger partial charge in [-0.15, -0.1) is 0 Å². The van der Waals surface area contributed by atoms with Crippen molar-refractivity contribution in [3.63, 3.8) is 0 Å². The van der Waals surface area contributed by atoms with Crippen molar-refractivity contribution < 1.29 is 4.65 Å². The highest BCUT2D eigenvalue weighted by molar-refractivity contribution is 6.66. The highest BCUT2D eigenvalue weighted by Gasteiger charge is 2.49. The van der Waals surface area contributed by atoms with E-state index in [4.69, 9.17) is 14.6 Å². The van der Waals surface area contributed by atoms with E-state index in [2.05, 4.69) is 79.9 Å². The summed E-state index contributed by atoms with van der Waals surface area (Å²) < 4.78 is 8.54. The molecule has 0 radical (unpaired) electrons. The summed E-state index contributed by atoms with van der Waals surface area (Å²) in [6.07, 6.45) is 2.06. The van der Waals surface area contributed by atoms with Crippen molar-refractivity contribution in [3.8, 4) is 11.3 Å². The van der Waals surface area contributed by atoms with Crippen molar-refractivity contribution in [2.45, 2.75) is 38.8 Å². The van der Waals surface area contributed by atoms with Crippen LogP contribution >= 0.6 is 0 Å². The lowest BCUT2D eigenvalue weighted by Crippen LogP contribution is -2.51. The van der Waals surface area contributed by atoms with Crippen LogP contribution in [0, 0.1) is 0 Å². The average Bonchev–Trinajstić information content (AvgIpc) is 3.27. The van der Waals surface area contributed by atoms with Gasteiger partial charge in [0.15, 0.2) is 0 Å². The summed E-state index contributed by atoms with van der Waals surface area (Å²) in [5.41, 5.74) is 6.53. The summed E-state index contributed by atoms with van der Waals surface area (Å²) in [5, 5.41) is 4.71. The van der Waals surface area contributed by atoms with Crippen LogP contribution in [0.2, 0.25) is 0 Å². The molecule has 0 spiro atoms. The second-order valence-electron chi connectivity index (χ2n) is 9.62. The maximum absolute atomic E-state index is 6.40. The van der Waals surface area contributed by atoms with E-state index >= 15 is 0 Å². The van der Waals surface area contributed by atoms with Crippen LogP contribution in [0.15, 0.2) is 72.9 Å². The van der Waals surface area contributed by atoms with Crippen molar-refractivity contribution in [3.05, 3.63) is 72.9 Å². The third-order valence-corrected chi connectivity index (χ3v) is 7.02. The van der Waals surface area contributed by atoms with Gasteiger partial charge >= 0.3 is 7.05 Å². The number of imidazole rings is 1. The number of benzene rings is 2. The molecule has 1 N–H and O–H groups in total. The minimum atomic E-state index is -0.274. The third kappa shape index (κ3) is 2.80. The standard InChI is InChI=1S/C26H25BN4O/c1-25(2)26(3,4)32-27(30-25)18-11-9-10-17(16-18)22-24-23(19-12-5-6-13-20(19)28-22)29-21-14-7-8-15-31(21)24/h5-16,30H,1-4H3. The molecule has 0 aliphatic carbocycles. The van der Waals surface area contributed by atoms with Gasteiger partial charge in [-0.25, -0.2) is 9.97 Å². The highest BCUT2D eigenvalue weighted by atomic mass is 16.5. The van der Waals surface area contributed by atoms with Crippen LogP contribution < -0.4 is 10.7 Å². The predicted molar refractivity (Wildman–Crippen MR) is 131 cm³/mol. The smallest absolute Gasteiger partial charge is 0.411 e. The van der Waals surface area contributed by atoms with Crippen LogP contribution in [-0.4, -0.2) is 32.6 Å². The summed E-state index contributed by atoms with van der Waals surface area (Å²) in [6, 6.07) is 22.8. The van der Waals surface area contributed by atoms with Crippen molar-refractivity contribution >= 4 is 40.1 Å². The zero-order valence-electron chi connectivity index (χ0n) is 18.8. The van der Waals surface area contributed by atoms with Crippen molar-refractivity contribution in [2.24, 2.45) is 0 Å². The molecule has 0 saturated carbocycles. The lowest BCUT2D eigenvalue weighted by atomic mass is 9.72. The number of hydrogen-bond acceptors (Lipinski definition) is 4. The molecule has 2 aromatic carbocycles. The van der Waals surface area contributed by atoms with Crippen molar-refractivity contribution in [1.29, 1.82) is 0 Å². The monoisotopic (exact) mass is 420 g/mol. The van der Waals surface area contributed by atoms with E-state index in [1.165, 1.54) is 0 Å². The number of nitrogens with zero attached hydrogens (tertiary/aromatic N) is 3. The van der Waals surface area contributed by atoms with Gasteiger partial charge in [0.1, 0.15) is 11.2 Å². The predicted octanol–water partition coefficient (Wildman–Crippen LogP) is 4.57. The van der Waals surface area contributed by atoms with E-state index in [1.54, 1.807) is 0 Å². The summed E-state index contributed by atoms with van der Waals surface area (Å²) in [6.45, 7) is 8.64. The Kier molecular flexibility index (Phi) is 4.04. The molecule has 5 nitrogen and oxygen atoms in total. The normalized spacial score (nSPS) is 17.6. The molecule has 3 aromatic heterocycles. The SMILES string of the molecule is CC1(C)NB(c2cccc(-c3nc4ccccc4c4nc5ccccn5c34)c2)OC1(C)C. The summed E-state index contributed by atoms with van der Waals surface area (Å²) in [5.74, 6) is 0. The molecule has 1 saturated heterocycles. The number of hydrogen-bond donors (Lipinski definition) is 1. The van der Waals surface area contributed by atoms with E-state index in [-0.39, 0.29) is 18.2 Å². The van der Waals surface area contributed by atoms with Gasteiger partial charge < -0.3 is 9.88 Å². The number of rotatable bonds is 2. The topological polar surface area (TPSA) is 51.5 Å². The first-order valence-corrected chi connectivity index (χ1v) is 11.1. The first kappa shape index (κ1) is 19.5. The zero-order valence-corrected chi connectivity index (χ0v) is 18.8. The van der Waals surface area contributed by atoms with Gasteiger partial charge in [0, 0.05) is 22.7 Å². The van der Waals surface area contributed by atoms with Gasteiger partial charge in [-0.05, 0) is 51.4 Å². The number of pyridine rings is 2. The number of fused-ring (bicyclic) bond motifs is 5. The quantitative estimate of drug-likeness (QED) is 0.425. The number of aromatic nitrogens is 3.